The molecule has 0 heterocycles. The van der Waals surface area contributed by atoms with Gasteiger partial charge in [0.1, 0.15) is 18.3 Å². The maximum absolute atomic E-state index is 14.1. The summed E-state index contributed by atoms with van der Waals surface area (Å²) in [5.41, 5.74) is 1.71. The SMILES string of the molecule is COc1ccc(CN(C(=O)CN(c2cc(Cl)ccc2C)S(=O)(=O)c2ccccc2)[C@H](C)C(=O)NC2CCCCC2)cc1. The number of carbonyl (C=O) groups excluding carboxylic acids is 2. The highest BCUT2D eigenvalue weighted by atomic mass is 35.5. The number of rotatable bonds is 11. The zero-order valence-electron chi connectivity index (χ0n) is 24.3. The predicted octanol–water partition coefficient (Wildman–Crippen LogP) is 5.72. The van der Waals surface area contributed by atoms with Crippen molar-refractivity contribution in [2.75, 3.05) is 18.0 Å². The molecule has 2 amide bonds. The second-order valence-corrected chi connectivity index (χ2v) is 12.9. The third kappa shape index (κ3) is 7.63. The third-order valence-electron chi connectivity index (χ3n) is 7.68. The van der Waals surface area contributed by atoms with Crippen molar-refractivity contribution in [2.45, 2.75) is 69.5 Å². The van der Waals surface area contributed by atoms with E-state index in [2.05, 4.69) is 5.32 Å². The van der Waals surface area contributed by atoms with Crippen molar-refractivity contribution in [2.24, 2.45) is 0 Å². The molecule has 0 aliphatic heterocycles. The Balaban J connectivity index is 1.69. The van der Waals surface area contributed by atoms with E-state index in [0.29, 0.717) is 22.0 Å². The minimum absolute atomic E-state index is 0.0435. The maximum Gasteiger partial charge on any atom is 0.264 e. The molecule has 1 aliphatic rings. The molecule has 1 aliphatic carbocycles. The molecule has 0 unspecified atom stereocenters. The number of hydrogen-bond donors (Lipinski definition) is 1. The Morgan fingerprint density at radius 2 is 1.67 bits per heavy atom. The molecule has 0 saturated heterocycles. The Bertz CT molecular complexity index is 1480. The number of amides is 2. The largest absolute Gasteiger partial charge is 0.497 e. The van der Waals surface area contributed by atoms with Gasteiger partial charge in [0.15, 0.2) is 0 Å². The number of benzene rings is 3. The summed E-state index contributed by atoms with van der Waals surface area (Å²) in [6, 6.07) is 19.3. The molecule has 1 saturated carbocycles. The minimum atomic E-state index is -4.16. The van der Waals surface area contributed by atoms with Gasteiger partial charge in [-0.3, -0.25) is 13.9 Å². The van der Waals surface area contributed by atoms with Crippen molar-refractivity contribution in [1.82, 2.24) is 10.2 Å². The predicted molar refractivity (Wildman–Crippen MR) is 165 cm³/mol. The summed E-state index contributed by atoms with van der Waals surface area (Å²) in [4.78, 5) is 29.1. The van der Waals surface area contributed by atoms with Crippen LogP contribution < -0.4 is 14.4 Å². The van der Waals surface area contributed by atoms with Crippen molar-refractivity contribution in [3.8, 4) is 5.75 Å². The van der Waals surface area contributed by atoms with Crippen molar-refractivity contribution < 1.29 is 22.7 Å². The van der Waals surface area contributed by atoms with E-state index in [-0.39, 0.29) is 23.4 Å². The molecule has 224 valence electrons. The standard InChI is InChI=1S/C32H38ClN3O5S/c1-23-14-17-26(33)20-30(23)36(42(39,40)29-12-8-5-9-13-29)22-31(37)35(21-25-15-18-28(41-3)19-16-25)24(2)32(38)34-27-10-6-4-7-11-27/h5,8-9,12-20,24,27H,4,6-7,10-11,21-22H2,1-3H3,(H,34,38)/t24-/m1/s1. The average molecular weight is 612 g/mol. The molecular formula is C32H38ClN3O5S. The van der Waals surface area contributed by atoms with Crippen LogP contribution in [0.25, 0.3) is 0 Å². The number of carbonyl (C=O) groups is 2. The van der Waals surface area contributed by atoms with E-state index in [1.54, 1.807) is 63.4 Å². The van der Waals surface area contributed by atoms with Crippen LogP contribution in [0.2, 0.25) is 5.02 Å². The van der Waals surface area contributed by atoms with Gasteiger partial charge in [0.25, 0.3) is 10.0 Å². The van der Waals surface area contributed by atoms with Gasteiger partial charge in [0.05, 0.1) is 17.7 Å². The Kier molecular flexibility index (Phi) is 10.5. The van der Waals surface area contributed by atoms with Crippen molar-refractivity contribution >= 4 is 39.1 Å². The molecule has 3 aromatic rings. The second-order valence-electron chi connectivity index (χ2n) is 10.6. The number of ether oxygens (including phenoxy) is 1. The first kappa shape index (κ1) is 31.4. The van der Waals surface area contributed by atoms with Crippen LogP contribution in [0.15, 0.2) is 77.7 Å². The fourth-order valence-corrected chi connectivity index (χ4v) is 6.82. The summed E-state index contributed by atoms with van der Waals surface area (Å²) in [5, 5.41) is 3.45. The normalized spacial score (nSPS) is 14.6. The Morgan fingerprint density at radius 3 is 2.31 bits per heavy atom. The molecule has 0 aromatic heterocycles. The van der Waals surface area contributed by atoms with Gasteiger partial charge < -0.3 is 15.0 Å². The number of methoxy groups -OCH3 is 1. The quantitative estimate of drug-likeness (QED) is 0.299. The van der Waals surface area contributed by atoms with Gasteiger partial charge in [-0.15, -0.1) is 0 Å². The molecule has 1 N–H and O–H groups in total. The Labute approximate surface area is 253 Å². The smallest absolute Gasteiger partial charge is 0.264 e. The van der Waals surface area contributed by atoms with E-state index in [1.165, 1.54) is 23.1 Å². The highest BCUT2D eigenvalue weighted by Crippen LogP contribution is 2.30. The molecule has 1 atom stereocenters. The molecule has 1 fully saturated rings. The lowest BCUT2D eigenvalue weighted by atomic mass is 9.95. The first-order valence-electron chi connectivity index (χ1n) is 14.2. The minimum Gasteiger partial charge on any atom is -0.497 e. The highest BCUT2D eigenvalue weighted by molar-refractivity contribution is 7.92. The topological polar surface area (TPSA) is 96.0 Å². The number of hydrogen-bond acceptors (Lipinski definition) is 5. The molecule has 8 nitrogen and oxygen atoms in total. The third-order valence-corrected chi connectivity index (χ3v) is 9.69. The van der Waals surface area contributed by atoms with Gasteiger partial charge >= 0.3 is 0 Å². The number of anilines is 1. The molecule has 0 radical (unpaired) electrons. The molecule has 0 spiro atoms. The molecule has 0 bridgehead atoms. The summed E-state index contributed by atoms with van der Waals surface area (Å²) >= 11 is 6.29. The van der Waals surface area contributed by atoms with Gasteiger partial charge in [-0.2, -0.15) is 0 Å². The Hall–Kier alpha value is -3.56. The van der Waals surface area contributed by atoms with Crippen LogP contribution in [0.5, 0.6) is 5.75 Å². The van der Waals surface area contributed by atoms with E-state index in [1.807, 2.05) is 12.1 Å². The first-order valence-corrected chi connectivity index (χ1v) is 16.0. The number of halogens is 1. The van der Waals surface area contributed by atoms with Crippen LogP contribution in [0.4, 0.5) is 5.69 Å². The van der Waals surface area contributed by atoms with E-state index < -0.39 is 28.5 Å². The summed E-state index contributed by atoms with van der Waals surface area (Å²) < 4.78 is 34.3. The van der Waals surface area contributed by atoms with Crippen LogP contribution in [0.1, 0.15) is 50.2 Å². The fraction of sp³-hybridized carbons (Fsp3) is 0.375. The van der Waals surface area contributed by atoms with Crippen LogP contribution >= 0.6 is 11.6 Å². The first-order chi connectivity index (χ1) is 20.1. The maximum atomic E-state index is 14.1. The van der Waals surface area contributed by atoms with Gasteiger partial charge in [0, 0.05) is 17.6 Å². The average Bonchev–Trinajstić information content (AvgIpc) is 3.00. The van der Waals surface area contributed by atoms with Crippen molar-refractivity contribution in [1.29, 1.82) is 0 Å². The van der Waals surface area contributed by atoms with Gasteiger partial charge in [-0.05, 0) is 74.2 Å². The number of nitrogens with one attached hydrogen (secondary N) is 1. The highest BCUT2D eigenvalue weighted by Gasteiger charge is 2.33. The van der Waals surface area contributed by atoms with Gasteiger partial charge in [0.2, 0.25) is 11.8 Å². The molecule has 42 heavy (non-hydrogen) atoms. The summed E-state index contributed by atoms with van der Waals surface area (Å²) in [6.07, 6.45) is 5.07. The van der Waals surface area contributed by atoms with Crippen molar-refractivity contribution in [3.05, 3.63) is 88.9 Å². The van der Waals surface area contributed by atoms with Gasteiger partial charge in [-0.1, -0.05) is 67.3 Å². The number of nitrogens with zero attached hydrogens (tertiary/aromatic N) is 2. The lowest BCUT2D eigenvalue weighted by Crippen LogP contribution is -2.53. The molecular weight excluding hydrogens is 574 g/mol. The van der Waals surface area contributed by atoms with Crippen molar-refractivity contribution in [3.63, 3.8) is 0 Å². The van der Waals surface area contributed by atoms with Crippen LogP contribution in [-0.2, 0) is 26.2 Å². The zero-order chi connectivity index (χ0) is 30.3. The molecule has 3 aromatic carbocycles. The van der Waals surface area contributed by atoms with Crippen LogP contribution in [0, 0.1) is 6.92 Å². The monoisotopic (exact) mass is 611 g/mol. The van der Waals surface area contributed by atoms with E-state index in [4.69, 9.17) is 16.3 Å². The fourth-order valence-electron chi connectivity index (χ4n) is 5.16. The Morgan fingerprint density at radius 1 is 1.00 bits per heavy atom. The summed E-state index contributed by atoms with van der Waals surface area (Å²) in [6.45, 7) is 3.03. The summed E-state index contributed by atoms with van der Waals surface area (Å²) in [7, 11) is -2.59. The zero-order valence-corrected chi connectivity index (χ0v) is 25.8. The number of sulfonamides is 1. The summed E-state index contributed by atoms with van der Waals surface area (Å²) in [5.74, 6) is -0.118. The number of aryl methyl sites for hydroxylation is 1. The lowest BCUT2D eigenvalue weighted by molar-refractivity contribution is -0.139. The lowest BCUT2D eigenvalue weighted by Gasteiger charge is -2.33. The molecule has 4 rings (SSSR count). The van der Waals surface area contributed by atoms with E-state index >= 15 is 0 Å². The van der Waals surface area contributed by atoms with Crippen LogP contribution in [0.3, 0.4) is 0 Å². The van der Waals surface area contributed by atoms with E-state index in [0.717, 1.165) is 42.0 Å². The van der Waals surface area contributed by atoms with Crippen LogP contribution in [-0.4, -0.2) is 50.9 Å². The second kappa shape index (κ2) is 14.1. The van der Waals surface area contributed by atoms with E-state index in [9.17, 15) is 18.0 Å². The molecule has 10 heteroatoms. The van der Waals surface area contributed by atoms with Gasteiger partial charge in [-0.25, -0.2) is 8.42 Å².